The molecular formula is C21H31N3O4S. The maximum Gasteiger partial charge on any atom is 0.305 e. The van der Waals surface area contributed by atoms with Crippen molar-refractivity contribution in [2.24, 2.45) is 0 Å². The number of H-pyrrole nitrogens is 1. The van der Waals surface area contributed by atoms with E-state index in [1.54, 1.807) is 11.3 Å². The van der Waals surface area contributed by atoms with Crippen molar-refractivity contribution >= 4 is 27.5 Å². The van der Waals surface area contributed by atoms with Crippen LogP contribution in [-0.2, 0) is 28.9 Å². The Hall–Kier alpha value is -1.77. The zero-order valence-electron chi connectivity index (χ0n) is 17.3. The fourth-order valence-corrected chi connectivity index (χ4v) is 5.14. The van der Waals surface area contributed by atoms with Crippen molar-refractivity contribution in [2.75, 3.05) is 19.7 Å². The van der Waals surface area contributed by atoms with Crippen LogP contribution in [0.15, 0.2) is 4.79 Å². The first-order chi connectivity index (χ1) is 14.0. The molecule has 2 aromatic heterocycles. The van der Waals surface area contributed by atoms with Crippen molar-refractivity contribution in [3.63, 3.8) is 0 Å². The van der Waals surface area contributed by atoms with Gasteiger partial charge in [-0.2, -0.15) is 0 Å². The van der Waals surface area contributed by atoms with Gasteiger partial charge in [0.1, 0.15) is 23.4 Å². The van der Waals surface area contributed by atoms with Gasteiger partial charge in [-0.3, -0.25) is 14.5 Å². The molecule has 7 nitrogen and oxygen atoms in total. The lowest BCUT2D eigenvalue weighted by Gasteiger charge is -2.24. The van der Waals surface area contributed by atoms with Gasteiger partial charge in [0.15, 0.2) is 0 Å². The molecule has 1 atom stereocenters. The summed E-state index contributed by atoms with van der Waals surface area (Å²) in [5.74, 6) is 0.330. The maximum absolute atomic E-state index is 12.7. The number of hydrogen-bond donors (Lipinski definition) is 2. The average molecular weight is 422 g/mol. The number of aliphatic hydroxyl groups is 1. The molecule has 0 aromatic carbocycles. The molecule has 29 heavy (non-hydrogen) atoms. The molecule has 3 rings (SSSR count). The lowest BCUT2D eigenvalue weighted by atomic mass is 9.97. The zero-order valence-corrected chi connectivity index (χ0v) is 18.1. The summed E-state index contributed by atoms with van der Waals surface area (Å²) >= 11 is 1.64. The van der Waals surface area contributed by atoms with E-state index in [4.69, 9.17) is 9.72 Å². The van der Waals surface area contributed by atoms with E-state index in [0.29, 0.717) is 25.3 Å². The molecule has 160 valence electrons. The highest BCUT2D eigenvalue weighted by Crippen LogP contribution is 2.33. The largest absolute Gasteiger partial charge is 0.463 e. The van der Waals surface area contributed by atoms with E-state index in [1.807, 2.05) is 11.8 Å². The van der Waals surface area contributed by atoms with E-state index in [0.717, 1.165) is 48.9 Å². The van der Waals surface area contributed by atoms with Gasteiger partial charge in [0.2, 0.25) is 0 Å². The fraction of sp³-hybridized carbons (Fsp3) is 0.667. The number of carbonyl (C=O) groups excluding carboxylic acids is 1. The minimum absolute atomic E-state index is 0.0142. The Morgan fingerprint density at radius 1 is 1.31 bits per heavy atom. The van der Waals surface area contributed by atoms with Gasteiger partial charge in [0, 0.05) is 17.8 Å². The topological polar surface area (TPSA) is 95.5 Å². The summed E-state index contributed by atoms with van der Waals surface area (Å²) in [4.78, 5) is 36.0. The number of aryl methyl sites for hydroxylation is 2. The molecule has 0 saturated carbocycles. The molecule has 0 bridgehead atoms. The number of hydrogen-bond acceptors (Lipinski definition) is 7. The number of aromatic nitrogens is 2. The number of carbonyl (C=O) groups is 1. The summed E-state index contributed by atoms with van der Waals surface area (Å²) in [6.07, 6.45) is 5.53. The van der Waals surface area contributed by atoms with Crippen molar-refractivity contribution in [2.45, 2.75) is 71.4 Å². The number of ether oxygens (including phenoxy) is 1. The second-order valence-electron chi connectivity index (χ2n) is 7.73. The van der Waals surface area contributed by atoms with Gasteiger partial charge >= 0.3 is 5.97 Å². The van der Waals surface area contributed by atoms with Crippen molar-refractivity contribution in [1.29, 1.82) is 0 Å². The van der Waals surface area contributed by atoms with Gasteiger partial charge in [0.25, 0.3) is 5.56 Å². The molecular weight excluding hydrogens is 390 g/mol. The molecule has 2 N–H and O–H groups in total. The molecule has 0 amide bonds. The minimum Gasteiger partial charge on any atom is -0.463 e. The molecule has 0 radical (unpaired) electrons. The normalized spacial score (nSPS) is 14.9. The SMILES string of the molecule is CCCC(=O)OCC(O)CN(CCC)Cc1nc2sc3c(c2c(=O)[nH]1)CCCC3. The van der Waals surface area contributed by atoms with Crippen molar-refractivity contribution in [3.05, 3.63) is 26.6 Å². The van der Waals surface area contributed by atoms with E-state index in [1.165, 1.54) is 16.9 Å². The third kappa shape index (κ3) is 5.65. The number of nitrogens with zero attached hydrogens (tertiary/aromatic N) is 2. The number of esters is 1. The highest BCUT2D eigenvalue weighted by molar-refractivity contribution is 7.18. The highest BCUT2D eigenvalue weighted by Gasteiger charge is 2.21. The number of rotatable bonds is 10. The van der Waals surface area contributed by atoms with Crippen LogP contribution in [0, 0.1) is 0 Å². The quantitative estimate of drug-likeness (QED) is 0.573. The summed E-state index contributed by atoms with van der Waals surface area (Å²) < 4.78 is 5.11. The van der Waals surface area contributed by atoms with Crippen LogP contribution in [0.25, 0.3) is 10.2 Å². The van der Waals surface area contributed by atoms with E-state index >= 15 is 0 Å². The fourth-order valence-electron chi connectivity index (χ4n) is 3.86. The third-order valence-corrected chi connectivity index (χ3v) is 6.33. The predicted octanol–water partition coefficient (Wildman–Crippen LogP) is 2.78. The molecule has 1 aliphatic rings. The Balaban J connectivity index is 1.69. The second kappa shape index (κ2) is 10.3. The van der Waals surface area contributed by atoms with Gasteiger partial charge in [-0.25, -0.2) is 4.98 Å². The number of nitrogens with one attached hydrogen (secondary N) is 1. The summed E-state index contributed by atoms with van der Waals surface area (Å²) in [6.45, 7) is 5.52. The monoisotopic (exact) mass is 421 g/mol. The summed E-state index contributed by atoms with van der Waals surface area (Å²) in [5, 5.41) is 11.0. The standard InChI is InChI=1S/C21H31N3O4S/c1-3-7-18(26)28-13-14(25)11-24(10-4-2)12-17-22-20(27)19-15-8-5-6-9-16(15)29-21(19)23-17/h14,25H,3-13H2,1-2H3,(H,22,23,27). The van der Waals surface area contributed by atoms with E-state index in [2.05, 4.69) is 11.9 Å². The van der Waals surface area contributed by atoms with E-state index < -0.39 is 6.10 Å². The predicted molar refractivity (Wildman–Crippen MR) is 114 cm³/mol. The summed E-state index contributed by atoms with van der Waals surface area (Å²) in [6, 6.07) is 0. The van der Waals surface area contributed by atoms with Crippen molar-refractivity contribution < 1.29 is 14.6 Å². The first-order valence-corrected chi connectivity index (χ1v) is 11.4. The van der Waals surface area contributed by atoms with Gasteiger partial charge in [-0.1, -0.05) is 13.8 Å². The average Bonchev–Trinajstić information content (AvgIpc) is 3.05. The molecule has 0 aliphatic heterocycles. The smallest absolute Gasteiger partial charge is 0.305 e. The van der Waals surface area contributed by atoms with Gasteiger partial charge in [-0.05, 0) is 50.6 Å². The van der Waals surface area contributed by atoms with Gasteiger partial charge < -0.3 is 14.8 Å². The summed E-state index contributed by atoms with van der Waals surface area (Å²) in [7, 11) is 0. The Bertz CT molecular complexity index is 892. The number of aromatic amines is 1. The lowest BCUT2D eigenvalue weighted by Crippen LogP contribution is -2.36. The molecule has 2 aromatic rings. The van der Waals surface area contributed by atoms with Crippen LogP contribution >= 0.6 is 11.3 Å². The Morgan fingerprint density at radius 2 is 2.10 bits per heavy atom. The highest BCUT2D eigenvalue weighted by atomic mass is 32.1. The Labute approximate surface area is 175 Å². The van der Waals surface area contributed by atoms with Crippen molar-refractivity contribution in [3.8, 4) is 0 Å². The van der Waals surface area contributed by atoms with Crippen LogP contribution in [0.3, 0.4) is 0 Å². The number of aliphatic hydroxyl groups excluding tert-OH is 1. The number of thiophene rings is 1. The van der Waals surface area contributed by atoms with E-state index in [-0.39, 0.29) is 18.1 Å². The summed E-state index contributed by atoms with van der Waals surface area (Å²) in [5.41, 5.74) is 1.13. The first kappa shape index (κ1) is 21.9. The van der Waals surface area contributed by atoms with Crippen LogP contribution in [0.2, 0.25) is 0 Å². The first-order valence-electron chi connectivity index (χ1n) is 10.6. The third-order valence-electron chi connectivity index (χ3n) is 5.15. The van der Waals surface area contributed by atoms with Crippen LogP contribution in [0.4, 0.5) is 0 Å². The van der Waals surface area contributed by atoms with Crippen LogP contribution in [0.5, 0.6) is 0 Å². The van der Waals surface area contributed by atoms with E-state index in [9.17, 15) is 14.7 Å². The minimum atomic E-state index is -0.771. The molecule has 0 spiro atoms. The maximum atomic E-state index is 12.7. The molecule has 0 fully saturated rings. The van der Waals surface area contributed by atoms with Crippen LogP contribution in [-0.4, -0.2) is 51.7 Å². The number of fused-ring (bicyclic) bond motifs is 3. The molecule has 2 heterocycles. The second-order valence-corrected chi connectivity index (χ2v) is 8.81. The zero-order chi connectivity index (χ0) is 20.8. The van der Waals surface area contributed by atoms with Crippen molar-refractivity contribution in [1.82, 2.24) is 14.9 Å². The van der Waals surface area contributed by atoms with Crippen LogP contribution < -0.4 is 5.56 Å². The van der Waals surface area contributed by atoms with Gasteiger partial charge in [0.05, 0.1) is 11.9 Å². The lowest BCUT2D eigenvalue weighted by molar-refractivity contribution is -0.147. The molecule has 1 unspecified atom stereocenters. The molecule has 1 aliphatic carbocycles. The Morgan fingerprint density at radius 3 is 2.86 bits per heavy atom. The molecule has 8 heteroatoms. The Kier molecular flexibility index (Phi) is 7.80. The van der Waals surface area contributed by atoms with Crippen LogP contribution in [0.1, 0.15) is 62.2 Å². The van der Waals surface area contributed by atoms with Gasteiger partial charge in [-0.15, -0.1) is 11.3 Å². The molecule has 0 saturated heterocycles.